The summed E-state index contributed by atoms with van der Waals surface area (Å²) in [7, 11) is 0. The quantitative estimate of drug-likeness (QED) is 0.837. The van der Waals surface area contributed by atoms with Crippen molar-refractivity contribution in [3.8, 4) is 0 Å². The van der Waals surface area contributed by atoms with Crippen molar-refractivity contribution >= 4 is 17.8 Å². The Balaban J connectivity index is 1.91. The number of nitrogens with zero attached hydrogens (tertiary/aromatic N) is 1. The van der Waals surface area contributed by atoms with Gasteiger partial charge in [-0.2, -0.15) is 0 Å². The Bertz CT molecular complexity index is 583. The van der Waals surface area contributed by atoms with Crippen LogP contribution in [0.15, 0.2) is 24.3 Å². The van der Waals surface area contributed by atoms with E-state index in [2.05, 4.69) is 5.32 Å². The van der Waals surface area contributed by atoms with E-state index in [9.17, 15) is 14.4 Å². The number of carbonyl (C=O) groups excluding carboxylic acids is 2. The standard InChI is InChI=1S/C17H22N2O4/c1-2-4-15(20)19-10-3-5-14(19)16(21)18-11-12-6-8-13(9-7-12)17(22)23/h6-9,14H,2-5,10-11H2,1H3,(H,18,21)(H,22,23). The summed E-state index contributed by atoms with van der Waals surface area (Å²) in [5, 5.41) is 11.7. The van der Waals surface area contributed by atoms with Gasteiger partial charge in [-0.15, -0.1) is 0 Å². The summed E-state index contributed by atoms with van der Waals surface area (Å²) < 4.78 is 0. The van der Waals surface area contributed by atoms with Crippen LogP contribution in [-0.4, -0.2) is 40.4 Å². The van der Waals surface area contributed by atoms with Crippen molar-refractivity contribution in [1.82, 2.24) is 10.2 Å². The zero-order valence-corrected chi connectivity index (χ0v) is 13.2. The van der Waals surface area contributed by atoms with Crippen LogP contribution in [0.25, 0.3) is 0 Å². The zero-order valence-electron chi connectivity index (χ0n) is 13.2. The highest BCUT2D eigenvalue weighted by molar-refractivity contribution is 5.88. The van der Waals surface area contributed by atoms with Crippen LogP contribution < -0.4 is 5.32 Å². The van der Waals surface area contributed by atoms with Gasteiger partial charge in [0.1, 0.15) is 6.04 Å². The maximum Gasteiger partial charge on any atom is 0.335 e. The molecule has 1 aliphatic rings. The van der Waals surface area contributed by atoms with Crippen LogP contribution >= 0.6 is 0 Å². The molecule has 0 radical (unpaired) electrons. The van der Waals surface area contributed by atoms with Crippen LogP contribution in [0.1, 0.15) is 48.5 Å². The zero-order chi connectivity index (χ0) is 16.8. The number of rotatable bonds is 6. The van der Waals surface area contributed by atoms with Gasteiger partial charge in [-0.3, -0.25) is 9.59 Å². The molecular formula is C17H22N2O4. The molecule has 0 saturated carbocycles. The molecule has 2 rings (SSSR count). The van der Waals surface area contributed by atoms with Crippen molar-refractivity contribution < 1.29 is 19.5 Å². The van der Waals surface area contributed by atoms with Gasteiger partial charge in [0.2, 0.25) is 11.8 Å². The molecule has 1 aliphatic heterocycles. The number of carbonyl (C=O) groups is 3. The number of carboxylic acids is 1. The van der Waals surface area contributed by atoms with E-state index in [1.807, 2.05) is 6.92 Å². The lowest BCUT2D eigenvalue weighted by Gasteiger charge is -2.23. The second-order valence-corrected chi connectivity index (χ2v) is 5.72. The number of nitrogens with one attached hydrogen (secondary N) is 1. The van der Waals surface area contributed by atoms with Crippen LogP contribution in [0.5, 0.6) is 0 Å². The number of benzene rings is 1. The number of amides is 2. The van der Waals surface area contributed by atoms with E-state index in [1.165, 1.54) is 12.1 Å². The maximum atomic E-state index is 12.3. The second-order valence-electron chi connectivity index (χ2n) is 5.72. The van der Waals surface area contributed by atoms with E-state index in [0.29, 0.717) is 25.9 Å². The lowest BCUT2D eigenvalue weighted by Crippen LogP contribution is -2.45. The van der Waals surface area contributed by atoms with Gasteiger partial charge in [0, 0.05) is 19.5 Å². The highest BCUT2D eigenvalue weighted by Gasteiger charge is 2.33. The number of aromatic carboxylic acids is 1. The average molecular weight is 318 g/mol. The summed E-state index contributed by atoms with van der Waals surface area (Å²) >= 11 is 0. The molecule has 6 nitrogen and oxygen atoms in total. The first-order chi connectivity index (χ1) is 11.0. The van der Waals surface area contributed by atoms with Gasteiger partial charge < -0.3 is 15.3 Å². The fraction of sp³-hybridized carbons (Fsp3) is 0.471. The minimum atomic E-state index is -0.975. The molecule has 0 spiro atoms. The van der Waals surface area contributed by atoms with E-state index >= 15 is 0 Å². The lowest BCUT2D eigenvalue weighted by molar-refractivity contribution is -0.138. The third-order valence-electron chi connectivity index (χ3n) is 4.01. The van der Waals surface area contributed by atoms with Crippen molar-refractivity contribution in [2.24, 2.45) is 0 Å². The fourth-order valence-electron chi connectivity index (χ4n) is 2.77. The van der Waals surface area contributed by atoms with E-state index in [4.69, 9.17) is 5.11 Å². The minimum absolute atomic E-state index is 0.0379. The third kappa shape index (κ3) is 4.31. The molecule has 1 heterocycles. The predicted molar refractivity (Wildman–Crippen MR) is 84.9 cm³/mol. The molecule has 2 amide bonds. The maximum absolute atomic E-state index is 12.3. The van der Waals surface area contributed by atoms with E-state index < -0.39 is 5.97 Å². The number of hydrogen-bond acceptors (Lipinski definition) is 3. The van der Waals surface area contributed by atoms with Gasteiger partial charge in [-0.1, -0.05) is 19.1 Å². The van der Waals surface area contributed by atoms with Crippen LogP contribution in [0.2, 0.25) is 0 Å². The Labute approximate surface area is 135 Å². The Hall–Kier alpha value is -2.37. The molecule has 1 atom stereocenters. The topological polar surface area (TPSA) is 86.7 Å². The summed E-state index contributed by atoms with van der Waals surface area (Å²) in [5.41, 5.74) is 1.04. The molecule has 23 heavy (non-hydrogen) atoms. The van der Waals surface area contributed by atoms with Crippen LogP contribution in [0.3, 0.4) is 0 Å². The van der Waals surface area contributed by atoms with Gasteiger partial charge in [-0.25, -0.2) is 4.79 Å². The molecule has 1 fully saturated rings. The number of likely N-dealkylation sites (tertiary alicyclic amines) is 1. The summed E-state index contributed by atoms with van der Waals surface area (Å²) in [5.74, 6) is -1.08. The summed E-state index contributed by atoms with van der Waals surface area (Å²) in [6.45, 7) is 2.92. The van der Waals surface area contributed by atoms with Crippen LogP contribution in [0.4, 0.5) is 0 Å². The molecule has 6 heteroatoms. The number of carboxylic acid groups (broad SMARTS) is 1. The largest absolute Gasteiger partial charge is 0.478 e. The van der Waals surface area contributed by atoms with Gasteiger partial charge in [0.15, 0.2) is 0 Å². The van der Waals surface area contributed by atoms with Crippen LogP contribution in [-0.2, 0) is 16.1 Å². The van der Waals surface area contributed by atoms with E-state index in [1.54, 1.807) is 17.0 Å². The monoisotopic (exact) mass is 318 g/mol. The Morgan fingerprint density at radius 2 is 1.96 bits per heavy atom. The smallest absolute Gasteiger partial charge is 0.335 e. The highest BCUT2D eigenvalue weighted by atomic mass is 16.4. The molecule has 1 aromatic rings. The first-order valence-corrected chi connectivity index (χ1v) is 7.92. The molecule has 0 bridgehead atoms. The van der Waals surface area contributed by atoms with Gasteiger partial charge >= 0.3 is 5.97 Å². The molecular weight excluding hydrogens is 296 g/mol. The second kappa shape index (κ2) is 7.76. The van der Waals surface area contributed by atoms with E-state index in [0.717, 1.165) is 18.4 Å². The summed E-state index contributed by atoms with van der Waals surface area (Å²) in [6, 6.07) is 6.00. The highest BCUT2D eigenvalue weighted by Crippen LogP contribution is 2.19. The van der Waals surface area contributed by atoms with Crippen molar-refractivity contribution in [3.05, 3.63) is 35.4 Å². The molecule has 2 N–H and O–H groups in total. The van der Waals surface area contributed by atoms with E-state index in [-0.39, 0.29) is 23.4 Å². The molecule has 1 saturated heterocycles. The van der Waals surface area contributed by atoms with Gasteiger partial charge in [0.25, 0.3) is 0 Å². The lowest BCUT2D eigenvalue weighted by atomic mass is 10.1. The van der Waals surface area contributed by atoms with Crippen molar-refractivity contribution in [2.75, 3.05) is 6.54 Å². The van der Waals surface area contributed by atoms with Crippen molar-refractivity contribution in [2.45, 2.75) is 45.2 Å². The molecule has 1 aromatic carbocycles. The first kappa shape index (κ1) is 17.0. The Kier molecular flexibility index (Phi) is 5.73. The Morgan fingerprint density at radius 3 is 2.57 bits per heavy atom. The molecule has 1 unspecified atom stereocenters. The SMILES string of the molecule is CCCC(=O)N1CCCC1C(=O)NCc1ccc(C(=O)O)cc1. The number of hydrogen-bond donors (Lipinski definition) is 2. The first-order valence-electron chi connectivity index (χ1n) is 7.92. The Morgan fingerprint density at radius 1 is 1.26 bits per heavy atom. The van der Waals surface area contributed by atoms with Crippen molar-refractivity contribution in [1.29, 1.82) is 0 Å². The molecule has 0 aromatic heterocycles. The normalized spacial score (nSPS) is 17.1. The van der Waals surface area contributed by atoms with Gasteiger partial charge in [0.05, 0.1) is 5.56 Å². The minimum Gasteiger partial charge on any atom is -0.478 e. The van der Waals surface area contributed by atoms with Crippen molar-refractivity contribution in [3.63, 3.8) is 0 Å². The van der Waals surface area contributed by atoms with Gasteiger partial charge in [-0.05, 0) is 37.0 Å². The van der Waals surface area contributed by atoms with Crippen LogP contribution in [0, 0.1) is 0 Å². The predicted octanol–water partition coefficient (Wildman–Crippen LogP) is 1.79. The summed E-state index contributed by atoms with van der Waals surface area (Å²) in [6.07, 6.45) is 2.79. The third-order valence-corrected chi connectivity index (χ3v) is 4.01. The average Bonchev–Trinajstić information content (AvgIpc) is 3.03. The fourth-order valence-corrected chi connectivity index (χ4v) is 2.77. The molecule has 0 aliphatic carbocycles. The summed E-state index contributed by atoms with van der Waals surface area (Å²) in [4.78, 5) is 36.8. The molecule has 124 valence electrons.